The summed E-state index contributed by atoms with van der Waals surface area (Å²) >= 11 is 0. The lowest BCUT2D eigenvalue weighted by Gasteiger charge is -2.14. The normalized spacial score (nSPS) is 12.4. The second-order valence-corrected chi connectivity index (χ2v) is 5.97. The van der Waals surface area contributed by atoms with E-state index in [4.69, 9.17) is 0 Å². The summed E-state index contributed by atoms with van der Waals surface area (Å²) in [7, 11) is 0. The van der Waals surface area contributed by atoms with Gasteiger partial charge in [-0.1, -0.05) is 12.1 Å². The van der Waals surface area contributed by atoms with Gasteiger partial charge in [0.2, 0.25) is 0 Å². The predicted octanol–water partition coefficient (Wildman–Crippen LogP) is 3.37. The fourth-order valence-corrected chi connectivity index (χ4v) is 2.56. The van der Waals surface area contributed by atoms with Crippen molar-refractivity contribution in [2.24, 2.45) is 0 Å². The number of alkyl halides is 3. The number of ether oxygens (including phenoxy) is 1. The molecule has 3 rings (SSSR count). The van der Waals surface area contributed by atoms with Gasteiger partial charge in [-0.25, -0.2) is 9.37 Å². The Morgan fingerprint density at radius 2 is 1.79 bits per heavy atom. The van der Waals surface area contributed by atoms with E-state index < -0.39 is 29.9 Å². The van der Waals surface area contributed by atoms with Crippen LogP contribution in [0.3, 0.4) is 0 Å². The van der Waals surface area contributed by atoms with Crippen LogP contribution >= 0.6 is 0 Å². The standard InChI is InChI=1S/C19H15F4N3O3/c20-13-3-5-14(6-4-13)26-11-24-9-16(26)18(28)25-10-17(27)12-1-7-15(8-2-12)29-19(21,22)23/h1-9,11,17,27H,10H2,(H,25,28). The Balaban J connectivity index is 1.62. The molecular formula is C19H15F4N3O3. The van der Waals surface area contributed by atoms with E-state index in [0.717, 1.165) is 12.1 Å². The number of benzene rings is 2. The van der Waals surface area contributed by atoms with E-state index >= 15 is 0 Å². The van der Waals surface area contributed by atoms with Crippen molar-refractivity contribution in [2.75, 3.05) is 6.54 Å². The molecule has 0 radical (unpaired) electrons. The van der Waals surface area contributed by atoms with Gasteiger partial charge in [0, 0.05) is 12.2 Å². The maximum absolute atomic E-state index is 13.1. The molecule has 0 fully saturated rings. The van der Waals surface area contributed by atoms with Crippen LogP contribution in [0.5, 0.6) is 5.75 Å². The number of hydrogen-bond acceptors (Lipinski definition) is 4. The number of amides is 1. The van der Waals surface area contributed by atoms with Gasteiger partial charge in [-0.2, -0.15) is 0 Å². The van der Waals surface area contributed by atoms with Gasteiger partial charge in [-0.3, -0.25) is 9.36 Å². The molecule has 2 N–H and O–H groups in total. The highest BCUT2D eigenvalue weighted by atomic mass is 19.4. The first-order valence-corrected chi connectivity index (χ1v) is 8.33. The molecule has 1 aromatic heterocycles. The molecule has 1 atom stereocenters. The number of nitrogens with one attached hydrogen (secondary N) is 1. The minimum Gasteiger partial charge on any atom is -0.406 e. The lowest BCUT2D eigenvalue weighted by Crippen LogP contribution is -2.29. The number of aliphatic hydroxyl groups is 1. The molecular weight excluding hydrogens is 394 g/mol. The number of carbonyl (C=O) groups is 1. The van der Waals surface area contributed by atoms with Crippen molar-refractivity contribution in [1.82, 2.24) is 14.9 Å². The van der Waals surface area contributed by atoms with Crippen LogP contribution in [-0.4, -0.2) is 33.5 Å². The van der Waals surface area contributed by atoms with Gasteiger partial charge in [0.05, 0.1) is 18.6 Å². The molecule has 0 aliphatic heterocycles. The molecule has 1 unspecified atom stereocenters. The molecule has 0 bridgehead atoms. The third kappa shape index (κ3) is 5.32. The van der Waals surface area contributed by atoms with Crippen LogP contribution in [0.15, 0.2) is 61.1 Å². The first kappa shape index (κ1) is 20.3. The zero-order chi connectivity index (χ0) is 21.0. The Labute approximate surface area is 162 Å². The SMILES string of the molecule is O=C(NCC(O)c1ccc(OC(F)(F)F)cc1)c1cncn1-c1ccc(F)cc1. The molecule has 6 nitrogen and oxygen atoms in total. The molecule has 0 saturated heterocycles. The fourth-order valence-electron chi connectivity index (χ4n) is 2.56. The molecule has 0 saturated carbocycles. The van der Waals surface area contributed by atoms with Crippen molar-refractivity contribution in [3.63, 3.8) is 0 Å². The van der Waals surface area contributed by atoms with Crippen LogP contribution < -0.4 is 10.1 Å². The average molecular weight is 409 g/mol. The third-order valence-corrected chi connectivity index (χ3v) is 3.93. The van der Waals surface area contributed by atoms with E-state index in [9.17, 15) is 27.5 Å². The highest BCUT2D eigenvalue weighted by Crippen LogP contribution is 2.24. The number of aliphatic hydroxyl groups excluding tert-OH is 1. The Hall–Kier alpha value is -3.40. The monoisotopic (exact) mass is 409 g/mol. The van der Waals surface area contributed by atoms with Crippen LogP contribution in [0.25, 0.3) is 5.69 Å². The Morgan fingerprint density at radius 3 is 2.41 bits per heavy atom. The molecule has 10 heteroatoms. The molecule has 0 aliphatic carbocycles. The molecule has 152 valence electrons. The van der Waals surface area contributed by atoms with Crippen LogP contribution in [0, 0.1) is 5.82 Å². The highest BCUT2D eigenvalue weighted by molar-refractivity contribution is 5.93. The number of imidazole rings is 1. The molecule has 29 heavy (non-hydrogen) atoms. The quantitative estimate of drug-likeness (QED) is 0.612. The van der Waals surface area contributed by atoms with Crippen molar-refractivity contribution in [1.29, 1.82) is 0 Å². The highest BCUT2D eigenvalue weighted by Gasteiger charge is 2.31. The van der Waals surface area contributed by atoms with E-state index in [2.05, 4.69) is 15.0 Å². The number of hydrogen-bond donors (Lipinski definition) is 2. The lowest BCUT2D eigenvalue weighted by molar-refractivity contribution is -0.274. The third-order valence-electron chi connectivity index (χ3n) is 3.93. The van der Waals surface area contributed by atoms with E-state index in [1.807, 2.05) is 0 Å². The van der Waals surface area contributed by atoms with Gasteiger partial charge in [0.15, 0.2) is 0 Å². The van der Waals surface area contributed by atoms with Crippen molar-refractivity contribution in [2.45, 2.75) is 12.5 Å². The van der Waals surface area contributed by atoms with Crippen molar-refractivity contribution < 1.29 is 32.2 Å². The smallest absolute Gasteiger partial charge is 0.406 e. The van der Waals surface area contributed by atoms with E-state index in [0.29, 0.717) is 11.3 Å². The van der Waals surface area contributed by atoms with Gasteiger partial charge < -0.3 is 15.2 Å². The summed E-state index contributed by atoms with van der Waals surface area (Å²) in [6.07, 6.45) is -3.26. The molecule has 3 aromatic rings. The van der Waals surface area contributed by atoms with Gasteiger partial charge in [-0.05, 0) is 42.0 Å². The van der Waals surface area contributed by atoms with Crippen LogP contribution in [0.2, 0.25) is 0 Å². The van der Waals surface area contributed by atoms with Crippen LogP contribution in [0.4, 0.5) is 17.6 Å². The van der Waals surface area contributed by atoms with Gasteiger partial charge in [0.1, 0.15) is 17.3 Å². The fraction of sp³-hybridized carbons (Fsp3) is 0.158. The zero-order valence-corrected chi connectivity index (χ0v) is 14.7. The largest absolute Gasteiger partial charge is 0.573 e. The molecule has 0 aliphatic rings. The number of nitrogens with zero attached hydrogens (tertiary/aromatic N) is 2. The summed E-state index contributed by atoms with van der Waals surface area (Å²) in [5, 5.41) is 12.7. The average Bonchev–Trinajstić information content (AvgIpc) is 3.15. The molecule has 1 heterocycles. The number of carbonyl (C=O) groups excluding carboxylic acids is 1. The molecule has 0 spiro atoms. The molecule has 1 amide bonds. The Morgan fingerprint density at radius 1 is 1.14 bits per heavy atom. The maximum atomic E-state index is 13.1. The second-order valence-electron chi connectivity index (χ2n) is 5.97. The van der Waals surface area contributed by atoms with Crippen LogP contribution in [0.1, 0.15) is 22.2 Å². The Bertz CT molecular complexity index is 970. The topological polar surface area (TPSA) is 76.4 Å². The number of halogens is 4. The first-order valence-electron chi connectivity index (χ1n) is 8.33. The second kappa shape index (κ2) is 8.31. The summed E-state index contributed by atoms with van der Waals surface area (Å²) in [5.41, 5.74) is 0.986. The summed E-state index contributed by atoms with van der Waals surface area (Å²) in [4.78, 5) is 16.3. The van der Waals surface area contributed by atoms with Crippen molar-refractivity contribution in [3.05, 3.63) is 78.1 Å². The van der Waals surface area contributed by atoms with Gasteiger partial charge in [0.25, 0.3) is 5.91 Å². The zero-order valence-electron chi connectivity index (χ0n) is 14.7. The molecule has 2 aromatic carbocycles. The van der Waals surface area contributed by atoms with Crippen molar-refractivity contribution in [3.8, 4) is 11.4 Å². The van der Waals surface area contributed by atoms with E-state index in [1.54, 1.807) is 0 Å². The Kier molecular flexibility index (Phi) is 5.83. The van der Waals surface area contributed by atoms with E-state index in [-0.39, 0.29) is 12.2 Å². The lowest BCUT2D eigenvalue weighted by atomic mass is 10.1. The summed E-state index contributed by atoms with van der Waals surface area (Å²) < 4.78 is 54.8. The van der Waals surface area contributed by atoms with E-state index in [1.165, 1.54) is 53.5 Å². The number of aromatic nitrogens is 2. The first-order chi connectivity index (χ1) is 13.7. The summed E-state index contributed by atoms with van der Waals surface area (Å²) in [6, 6.07) is 10.1. The summed E-state index contributed by atoms with van der Waals surface area (Å²) in [6.45, 7) is -0.188. The minimum absolute atomic E-state index is 0.165. The van der Waals surface area contributed by atoms with Crippen LogP contribution in [-0.2, 0) is 0 Å². The summed E-state index contributed by atoms with van der Waals surface area (Å²) in [5.74, 6) is -1.38. The maximum Gasteiger partial charge on any atom is 0.573 e. The number of rotatable bonds is 6. The minimum atomic E-state index is -4.80. The van der Waals surface area contributed by atoms with Crippen molar-refractivity contribution >= 4 is 5.91 Å². The van der Waals surface area contributed by atoms with Gasteiger partial charge in [-0.15, -0.1) is 13.2 Å². The van der Waals surface area contributed by atoms with Gasteiger partial charge >= 0.3 is 6.36 Å². The predicted molar refractivity (Wildman–Crippen MR) is 93.9 cm³/mol.